The SMILES string of the molecule is CON(C)C(=O)CCCCCCCCCCS. The predicted octanol–water partition coefficient (Wildman–Crippen LogP) is 3.45. The lowest BCUT2D eigenvalue weighted by atomic mass is 10.1. The zero-order valence-electron chi connectivity index (χ0n) is 11.3. The zero-order chi connectivity index (χ0) is 12.9. The number of thiol groups is 1. The Morgan fingerprint density at radius 2 is 1.47 bits per heavy atom. The number of unbranched alkanes of at least 4 members (excludes halogenated alkanes) is 7. The fraction of sp³-hybridized carbons (Fsp3) is 0.923. The number of nitrogens with zero attached hydrogens (tertiary/aromatic N) is 1. The average molecular weight is 261 g/mol. The van der Waals surface area contributed by atoms with E-state index in [0.717, 1.165) is 18.6 Å². The predicted molar refractivity (Wildman–Crippen MR) is 75.2 cm³/mol. The van der Waals surface area contributed by atoms with Crippen LogP contribution in [0.15, 0.2) is 0 Å². The Kier molecular flexibility index (Phi) is 12.1. The summed E-state index contributed by atoms with van der Waals surface area (Å²) in [6, 6.07) is 0. The zero-order valence-corrected chi connectivity index (χ0v) is 12.2. The van der Waals surface area contributed by atoms with E-state index < -0.39 is 0 Å². The van der Waals surface area contributed by atoms with E-state index in [-0.39, 0.29) is 5.91 Å². The molecule has 0 heterocycles. The van der Waals surface area contributed by atoms with Gasteiger partial charge in [0.15, 0.2) is 0 Å². The van der Waals surface area contributed by atoms with Gasteiger partial charge in [-0.3, -0.25) is 9.63 Å². The number of carbonyl (C=O) groups excluding carboxylic acids is 1. The van der Waals surface area contributed by atoms with E-state index in [0.29, 0.717) is 6.42 Å². The molecule has 0 aromatic heterocycles. The first-order chi connectivity index (χ1) is 8.22. The third-order valence-electron chi connectivity index (χ3n) is 2.92. The third-order valence-corrected chi connectivity index (χ3v) is 3.24. The first kappa shape index (κ1) is 16.8. The molecule has 17 heavy (non-hydrogen) atoms. The van der Waals surface area contributed by atoms with Crippen molar-refractivity contribution in [2.45, 2.75) is 57.8 Å². The van der Waals surface area contributed by atoms with Crippen LogP contribution in [0.1, 0.15) is 57.8 Å². The van der Waals surface area contributed by atoms with Gasteiger partial charge >= 0.3 is 0 Å². The highest BCUT2D eigenvalue weighted by molar-refractivity contribution is 7.80. The second-order valence-electron chi connectivity index (χ2n) is 4.38. The maximum absolute atomic E-state index is 11.4. The highest BCUT2D eigenvalue weighted by Crippen LogP contribution is 2.10. The minimum Gasteiger partial charge on any atom is -0.275 e. The molecule has 0 bridgehead atoms. The average Bonchev–Trinajstić information content (AvgIpc) is 2.35. The number of hydroxylamine groups is 2. The Morgan fingerprint density at radius 1 is 1.00 bits per heavy atom. The normalized spacial score (nSPS) is 10.5. The second kappa shape index (κ2) is 12.2. The first-order valence-corrected chi connectivity index (χ1v) is 7.27. The summed E-state index contributed by atoms with van der Waals surface area (Å²) in [5.74, 6) is 1.08. The van der Waals surface area contributed by atoms with Crippen LogP contribution in [-0.2, 0) is 9.63 Å². The van der Waals surface area contributed by atoms with Gasteiger partial charge < -0.3 is 0 Å². The summed E-state index contributed by atoms with van der Waals surface area (Å²) in [5, 5.41) is 1.30. The topological polar surface area (TPSA) is 29.5 Å². The molecule has 0 saturated heterocycles. The number of hydrogen-bond donors (Lipinski definition) is 1. The third kappa shape index (κ3) is 10.6. The molecule has 0 unspecified atom stereocenters. The number of carbonyl (C=O) groups is 1. The van der Waals surface area contributed by atoms with Crippen molar-refractivity contribution in [2.75, 3.05) is 19.9 Å². The van der Waals surface area contributed by atoms with Crippen LogP contribution in [0.25, 0.3) is 0 Å². The van der Waals surface area contributed by atoms with Crippen molar-refractivity contribution in [2.24, 2.45) is 0 Å². The summed E-state index contributed by atoms with van der Waals surface area (Å²) in [5.41, 5.74) is 0. The van der Waals surface area contributed by atoms with Crippen LogP contribution in [0.5, 0.6) is 0 Å². The van der Waals surface area contributed by atoms with Crippen molar-refractivity contribution in [3.8, 4) is 0 Å². The van der Waals surface area contributed by atoms with E-state index in [9.17, 15) is 4.79 Å². The van der Waals surface area contributed by atoms with Crippen molar-refractivity contribution in [3.05, 3.63) is 0 Å². The van der Waals surface area contributed by atoms with E-state index in [1.807, 2.05) is 0 Å². The molecule has 0 aliphatic carbocycles. The number of amides is 1. The highest BCUT2D eigenvalue weighted by Gasteiger charge is 2.06. The van der Waals surface area contributed by atoms with Crippen molar-refractivity contribution in [3.63, 3.8) is 0 Å². The van der Waals surface area contributed by atoms with E-state index >= 15 is 0 Å². The van der Waals surface area contributed by atoms with Gasteiger partial charge in [0.1, 0.15) is 0 Å². The van der Waals surface area contributed by atoms with Crippen molar-refractivity contribution < 1.29 is 9.63 Å². The van der Waals surface area contributed by atoms with Crippen molar-refractivity contribution in [1.29, 1.82) is 0 Å². The lowest BCUT2D eigenvalue weighted by Gasteiger charge is -2.12. The van der Waals surface area contributed by atoms with E-state index in [2.05, 4.69) is 12.6 Å². The molecule has 4 heteroatoms. The molecule has 0 spiro atoms. The van der Waals surface area contributed by atoms with Gasteiger partial charge in [0, 0.05) is 13.5 Å². The summed E-state index contributed by atoms with van der Waals surface area (Å²) in [6.45, 7) is 0. The Hall–Kier alpha value is -0.220. The Balaban J connectivity index is 3.16. The molecule has 0 fully saturated rings. The lowest BCUT2D eigenvalue weighted by Crippen LogP contribution is -2.24. The second-order valence-corrected chi connectivity index (χ2v) is 4.82. The van der Waals surface area contributed by atoms with Crippen LogP contribution >= 0.6 is 12.6 Å². The van der Waals surface area contributed by atoms with Gasteiger partial charge in [-0.1, -0.05) is 38.5 Å². The van der Waals surface area contributed by atoms with Crippen LogP contribution in [0.3, 0.4) is 0 Å². The first-order valence-electron chi connectivity index (χ1n) is 6.64. The molecular weight excluding hydrogens is 234 g/mol. The van der Waals surface area contributed by atoms with Crippen LogP contribution < -0.4 is 0 Å². The van der Waals surface area contributed by atoms with Gasteiger partial charge in [-0.2, -0.15) is 12.6 Å². The Bertz CT molecular complexity index is 188. The van der Waals surface area contributed by atoms with Gasteiger partial charge in [0.25, 0.3) is 0 Å². The summed E-state index contributed by atoms with van der Waals surface area (Å²) < 4.78 is 0. The Labute approximate surface area is 111 Å². The van der Waals surface area contributed by atoms with Crippen molar-refractivity contribution >= 4 is 18.5 Å². The maximum Gasteiger partial charge on any atom is 0.245 e. The maximum atomic E-state index is 11.4. The Morgan fingerprint density at radius 3 is 1.94 bits per heavy atom. The van der Waals surface area contributed by atoms with Crippen LogP contribution in [0.4, 0.5) is 0 Å². The molecule has 0 aliphatic heterocycles. The molecule has 102 valence electrons. The quantitative estimate of drug-likeness (QED) is 0.351. The van der Waals surface area contributed by atoms with Gasteiger partial charge in [0.2, 0.25) is 5.91 Å². The molecule has 0 atom stereocenters. The van der Waals surface area contributed by atoms with Gasteiger partial charge in [-0.15, -0.1) is 0 Å². The fourth-order valence-electron chi connectivity index (χ4n) is 1.71. The number of hydrogen-bond acceptors (Lipinski definition) is 3. The minimum atomic E-state index is 0.0706. The molecule has 1 amide bonds. The van der Waals surface area contributed by atoms with Gasteiger partial charge in [0.05, 0.1) is 7.11 Å². The molecule has 0 saturated carbocycles. The van der Waals surface area contributed by atoms with Crippen LogP contribution in [-0.4, -0.2) is 30.9 Å². The molecular formula is C13H27NO2S. The molecule has 0 aliphatic rings. The molecule has 0 rings (SSSR count). The molecule has 3 nitrogen and oxygen atoms in total. The molecule has 0 aromatic rings. The smallest absolute Gasteiger partial charge is 0.245 e. The largest absolute Gasteiger partial charge is 0.275 e. The van der Waals surface area contributed by atoms with E-state index in [1.165, 1.54) is 50.7 Å². The standard InChI is InChI=1S/C13H27NO2S/c1-14(16-2)13(15)11-9-7-5-3-4-6-8-10-12-17/h17H,3-12H2,1-2H3. The summed E-state index contributed by atoms with van der Waals surface area (Å²) >= 11 is 4.19. The van der Waals surface area contributed by atoms with E-state index in [4.69, 9.17) is 4.84 Å². The van der Waals surface area contributed by atoms with Crippen LogP contribution in [0, 0.1) is 0 Å². The number of rotatable bonds is 11. The molecule has 0 N–H and O–H groups in total. The molecule has 0 aromatic carbocycles. The van der Waals surface area contributed by atoms with E-state index in [1.54, 1.807) is 7.05 Å². The lowest BCUT2D eigenvalue weighted by molar-refractivity contribution is -0.168. The summed E-state index contributed by atoms with van der Waals surface area (Å²) in [7, 11) is 3.17. The molecule has 0 radical (unpaired) electrons. The summed E-state index contributed by atoms with van der Waals surface area (Å²) in [4.78, 5) is 16.2. The monoisotopic (exact) mass is 261 g/mol. The van der Waals surface area contributed by atoms with Gasteiger partial charge in [-0.05, 0) is 18.6 Å². The van der Waals surface area contributed by atoms with Crippen LogP contribution in [0.2, 0.25) is 0 Å². The fourth-order valence-corrected chi connectivity index (χ4v) is 1.93. The highest BCUT2D eigenvalue weighted by atomic mass is 32.1. The summed E-state index contributed by atoms with van der Waals surface area (Å²) in [6.07, 6.45) is 10.4. The van der Waals surface area contributed by atoms with Gasteiger partial charge in [-0.25, -0.2) is 5.06 Å². The minimum absolute atomic E-state index is 0.0706. The van der Waals surface area contributed by atoms with Crippen molar-refractivity contribution in [1.82, 2.24) is 5.06 Å².